The van der Waals surface area contributed by atoms with Crippen molar-refractivity contribution in [2.75, 3.05) is 0 Å². The lowest BCUT2D eigenvalue weighted by atomic mass is 9.87. The number of benzene rings is 7. The predicted octanol–water partition coefficient (Wildman–Crippen LogP) is 9.82. The van der Waals surface area contributed by atoms with Crippen LogP contribution in [0.25, 0.3) is 76.5 Å². The van der Waals surface area contributed by atoms with Gasteiger partial charge in [0.25, 0.3) is 0 Å². The van der Waals surface area contributed by atoms with Gasteiger partial charge >= 0.3 is 0 Å². The topological polar surface area (TPSA) is 13.1 Å². The van der Waals surface area contributed by atoms with E-state index in [0.717, 1.165) is 43.4 Å². The first-order chi connectivity index (χ1) is 21.1. The van der Waals surface area contributed by atoms with Gasteiger partial charge in [-0.15, -0.1) is 0 Å². The molecule has 8 aromatic rings. The minimum absolute atomic E-state index is 0.124. The predicted molar refractivity (Wildman–Crippen MR) is 148 cm³/mol. The molecule has 0 aliphatic rings. The van der Waals surface area contributed by atoms with Gasteiger partial charge in [0.05, 0.1) is 12.3 Å². The van der Waals surface area contributed by atoms with Crippen LogP contribution in [0.4, 0.5) is 0 Å². The first-order valence-electron chi connectivity index (χ1n) is 15.8. The van der Waals surface area contributed by atoms with Crippen molar-refractivity contribution in [2.45, 2.75) is 0 Å². The average Bonchev–Trinajstić information content (AvgIpc) is 3.43. The van der Waals surface area contributed by atoms with E-state index in [2.05, 4.69) is 0 Å². The maximum Gasteiger partial charge on any atom is 0.135 e. The van der Waals surface area contributed by atoms with Gasteiger partial charge < -0.3 is 4.42 Å². The molecular formula is C34H20O. The molecule has 1 nitrogen and oxygen atoms in total. The summed E-state index contributed by atoms with van der Waals surface area (Å²) < 4.78 is 80.5. The van der Waals surface area contributed by atoms with Crippen molar-refractivity contribution in [2.24, 2.45) is 0 Å². The molecule has 0 bridgehead atoms. The van der Waals surface area contributed by atoms with Crippen molar-refractivity contribution in [3.05, 3.63) is 121 Å². The second-order valence-electron chi connectivity index (χ2n) is 8.67. The van der Waals surface area contributed by atoms with Crippen molar-refractivity contribution < 1.29 is 16.8 Å². The Labute approximate surface area is 214 Å². The van der Waals surface area contributed by atoms with Gasteiger partial charge in [0.15, 0.2) is 0 Å². The molecule has 1 heterocycles. The number of hydrogen-bond donors (Lipinski definition) is 0. The SMILES string of the molecule is [2H]c1c([2H])c([2H])c(-c2ccc3ccc4c(-c5ccc6oc7c([2H])c([2H])c([2H])c([2H])c7c6c5)ccc5ccc2c3c54)c([2H])c1[2H]. The third kappa shape index (κ3) is 2.64. The summed E-state index contributed by atoms with van der Waals surface area (Å²) in [7, 11) is 0. The molecule has 0 unspecified atom stereocenters. The Morgan fingerprint density at radius 2 is 1.09 bits per heavy atom. The lowest BCUT2D eigenvalue weighted by Crippen LogP contribution is -1.89. The van der Waals surface area contributed by atoms with Gasteiger partial charge in [0, 0.05) is 10.8 Å². The zero-order valence-electron chi connectivity index (χ0n) is 27.3. The van der Waals surface area contributed by atoms with Crippen LogP contribution >= 0.6 is 0 Å². The van der Waals surface area contributed by atoms with Crippen LogP contribution in [0, 0.1) is 0 Å². The van der Waals surface area contributed by atoms with Crippen molar-refractivity contribution in [3.8, 4) is 22.3 Å². The van der Waals surface area contributed by atoms with E-state index < -0.39 is 6.04 Å². The Morgan fingerprint density at radius 1 is 0.457 bits per heavy atom. The van der Waals surface area contributed by atoms with Crippen LogP contribution in [0.3, 0.4) is 0 Å². The summed E-state index contributed by atoms with van der Waals surface area (Å²) in [5.41, 5.74) is 3.08. The molecule has 1 aromatic heterocycles. The number of para-hydroxylation sites is 1. The molecule has 35 heavy (non-hydrogen) atoms. The van der Waals surface area contributed by atoms with Gasteiger partial charge in [0.2, 0.25) is 0 Å². The molecule has 0 aliphatic carbocycles. The second-order valence-corrected chi connectivity index (χ2v) is 8.67. The molecule has 0 aliphatic heterocycles. The summed E-state index contributed by atoms with van der Waals surface area (Å²) in [4.78, 5) is 0. The zero-order chi connectivity index (χ0) is 30.8. The third-order valence-electron chi connectivity index (χ3n) is 6.86. The van der Waals surface area contributed by atoms with Crippen molar-refractivity contribution in [3.63, 3.8) is 0 Å². The Morgan fingerprint density at radius 3 is 1.83 bits per heavy atom. The average molecular weight is 454 g/mol. The van der Waals surface area contributed by atoms with Gasteiger partial charge in [-0.3, -0.25) is 0 Å². The van der Waals surface area contributed by atoms with E-state index in [1.165, 1.54) is 0 Å². The number of hydrogen-bond acceptors (Lipinski definition) is 1. The fourth-order valence-corrected chi connectivity index (χ4v) is 5.31. The van der Waals surface area contributed by atoms with Gasteiger partial charge in [-0.05, 0) is 72.7 Å². The lowest BCUT2D eigenvalue weighted by molar-refractivity contribution is 0.669. The maximum atomic E-state index is 8.59. The summed E-state index contributed by atoms with van der Waals surface area (Å²) in [5, 5.41) is 6.52. The number of rotatable bonds is 2. The summed E-state index contributed by atoms with van der Waals surface area (Å²) in [6, 6.07) is 18.7. The van der Waals surface area contributed by atoms with Crippen LogP contribution < -0.4 is 0 Å². The van der Waals surface area contributed by atoms with Gasteiger partial charge in [-0.25, -0.2) is 0 Å². The van der Waals surface area contributed by atoms with E-state index in [1.807, 2.05) is 60.7 Å². The lowest BCUT2D eigenvalue weighted by Gasteiger charge is -2.16. The van der Waals surface area contributed by atoms with Crippen LogP contribution in [0.1, 0.15) is 12.3 Å². The van der Waals surface area contributed by atoms with E-state index in [-0.39, 0.29) is 59.5 Å². The highest BCUT2D eigenvalue weighted by Gasteiger charge is 2.15. The third-order valence-corrected chi connectivity index (χ3v) is 6.86. The van der Waals surface area contributed by atoms with E-state index in [4.69, 9.17) is 16.8 Å². The summed E-state index contributed by atoms with van der Waals surface area (Å²) >= 11 is 0. The normalized spacial score (nSPS) is 15.6. The highest BCUT2D eigenvalue weighted by molar-refractivity contribution is 6.27. The standard InChI is InChI=1S/C34H20O/c1-2-6-21(7-3-1)25-15-10-22-13-18-29-26(16-11-23-12-17-28(25)33(22)34(23)29)24-14-19-32-30(20-24)27-8-4-5-9-31(27)35-32/h1-20H/i1D,2D,3D,4D,5D,6D,7D,8D,9D. The van der Waals surface area contributed by atoms with Crippen LogP contribution in [0.2, 0.25) is 0 Å². The van der Waals surface area contributed by atoms with Crippen molar-refractivity contribution in [1.82, 2.24) is 0 Å². The first-order valence-corrected chi connectivity index (χ1v) is 11.3. The summed E-state index contributed by atoms with van der Waals surface area (Å²) in [5.74, 6) is 0. The molecule has 8 rings (SSSR count). The Bertz CT molecular complexity index is 2520. The Kier molecular flexibility index (Phi) is 2.42. The zero-order valence-corrected chi connectivity index (χ0v) is 18.3. The highest BCUT2D eigenvalue weighted by Crippen LogP contribution is 2.43. The van der Waals surface area contributed by atoms with Crippen molar-refractivity contribution >= 4 is 54.3 Å². The van der Waals surface area contributed by atoms with Gasteiger partial charge in [-0.1, -0.05) is 103 Å². The molecule has 0 amide bonds. The molecular weight excluding hydrogens is 424 g/mol. The highest BCUT2D eigenvalue weighted by atomic mass is 16.3. The second kappa shape index (κ2) is 6.94. The fourth-order valence-electron chi connectivity index (χ4n) is 5.31. The van der Waals surface area contributed by atoms with Crippen LogP contribution in [-0.4, -0.2) is 0 Å². The molecule has 0 atom stereocenters. The summed E-state index contributed by atoms with van der Waals surface area (Å²) in [6.45, 7) is 0. The molecule has 0 saturated heterocycles. The molecule has 0 spiro atoms. The molecule has 7 aromatic carbocycles. The van der Waals surface area contributed by atoms with E-state index in [9.17, 15) is 0 Å². The van der Waals surface area contributed by atoms with Crippen LogP contribution in [0.15, 0.2) is 126 Å². The van der Waals surface area contributed by atoms with E-state index >= 15 is 0 Å². The van der Waals surface area contributed by atoms with Gasteiger partial charge in [0.1, 0.15) is 11.2 Å². The monoisotopic (exact) mass is 453 g/mol. The molecule has 0 saturated carbocycles. The Balaban J connectivity index is 1.42. The fraction of sp³-hybridized carbons (Fsp3) is 0. The molecule has 0 fully saturated rings. The quantitative estimate of drug-likeness (QED) is 0.237. The molecule has 0 radical (unpaired) electrons. The molecule has 1 heteroatoms. The summed E-state index contributed by atoms with van der Waals surface area (Å²) in [6.07, 6.45) is 0. The minimum atomic E-state index is -0.427. The molecule has 0 N–H and O–H groups in total. The largest absolute Gasteiger partial charge is 0.456 e. The number of fused-ring (bicyclic) bond motifs is 3. The maximum absolute atomic E-state index is 8.59. The van der Waals surface area contributed by atoms with Crippen molar-refractivity contribution in [1.29, 1.82) is 0 Å². The smallest absolute Gasteiger partial charge is 0.135 e. The van der Waals surface area contributed by atoms with Gasteiger partial charge in [-0.2, -0.15) is 0 Å². The Hall–Kier alpha value is -4.62. The first kappa shape index (κ1) is 12.2. The minimum Gasteiger partial charge on any atom is -0.456 e. The van der Waals surface area contributed by atoms with Crippen LogP contribution in [0.5, 0.6) is 0 Å². The number of furan rings is 1. The van der Waals surface area contributed by atoms with E-state index in [0.29, 0.717) is 21.9 Å². The van der Waals surface area contributed by atoms with Crippen LogP contribution in [-0.2, 0) is 0 Å². The molecule has 162 valence electrons. The van der Waals surface area contributed by atoms with E-state index in [1.54, 1.807) is 6.07 Å².